The van der Waals surface area contributed by atoms with Gasteiger partial charge in [0.1, 0.15) is 19.3 Å². The SMILES string of the molecule is CC/C=C\C/C=C\C/C=C\C/C=C\C/C=C\C/C=C\CCC(=O)OCC(COP(=O)(O)OCC(O)COP(=O)(O)OCC(COC(=O)CCCCCCCC/C=C\C/C=C\C/C=C\C/C=C\CC)OC(=O)CCCCCCC/C=C\C/C=C\CCCCC)OC(=O)CCCCCCCC/C=C\C/C=C\C/C=C\C/C=C\CC. The molecule has 3 N–H and O–H groups in total. The number of phosphoric acid groups is 2. The molecule has 634 valence electrons. The third-order valence-corrected chi connectivity index (χ3v) is 18.9. The average Bonchev–Trinajstić information content (AvgIpc) is 0.898. The van der Waals surface area contributed by atoms with Crippen LogP contribution in [0.15, 0.2) is 194 Å². The molecule has 5 atom stereocenters. The summed E-state index contributed by atoms with van der Waals surface area (Å²) in [5.41, 5.74) is 0. The summed E-state index contributed by atoms with van der Waals surface area (Å²) in [5.74, 6) is -2.33. The van der Waals surface area contributed by atoms with Crippen molar-refractivity contribution in [2.24, 2.45) is 0 Å². The summed E-state index contributed by atoms with van der Waals surface area (Å²) in [6, 6.07) is 0. The van der Waals surface area contributed by atoms with Gasteiger partial charge in [-0.15, -0.1) is 0 Å². The van der Waals surface area contributed by atoms with Crippen LogP contribution in [0.2, 0.25) is 0 Å². The molecule has 0 spiro atoms. The molecule has 0 aromatic rings. The number of allylic oxidation sites excluding steroid dienone is 32. The Bertz CT molecular complexity index is 2890. The molecule has 112 heavy (non-hydrogen) atoms. The minimum Gasteiger partial charge on any atom is -0.462 e. The molecule has 5 unspecified atom stereocenters. The number of phosphoric ester groups is 2. The van der Waals surface area contributed by atoms with Gasteiger partial charge in [0.2, 0.25) is 0 Å². The maximum absolute atomic E-state index is 13.1. The van der Waals surface area contributed by atoms with Crippen molar-refractivity contribution in [3.63, 3.8) is 0 Å². The van der Waals surface area contributed by atoms with Crippen LogP contribution in [0.3, 0.4) is 0 Å². The highest BCUT2D eigenvalue weighted by Crippen LogP contribution is 2.45. The zero-order valence-electron chi connectivity index (χ0n) is 69.5. The van der Waals surface area contributed by atoms with E-state index >= 15 is 0 Å². The van der Waals surface area contributed by atoms with Crippen molar-refractivity contribution in [1.29, 1.82) is 0 Å². The van der Waals surface area contributed by atoms with Crippen LogP contribution in [0.5, 0.6) is 0 Å². The van der Waals surface area contributed by atoms with E-state index in [1.165, 1.54) is 19.3 Å². The molecule has 0 heterocycles. The number of carbonyl (C=O) groups is 4. The number of carbonyl (C=O) groups excluding carboxylic acids is 4. The molecular formula is C93H150O17P2. The summed E-state index contributed by atoms with van der Waals surface area (Å²) in [6.45, 7) is 4.38. The van der Waals surface area contributed by atoms with Crippen LogP contribution >= 0.6 is 15.6 Å². The molecule has 0 fully saturated rings. The second kappa shape index (κ2) is 82.9. The molecule has 0 aliphatic rings. The quantitative estimate of drug-likeness (QED) is 0.0169. The van der Waals surface area contributed by atoms with Gasteiger partial charge in [0.05, 0.1) is 26.4 Å². The van der Waals surface area contributed by atoms with Crippen LogP contribution in [0, 0.1) is 0 Å². The standard InChI is InChI=1S/C93H150O17P2/c1-5-9-13-17-21-25-29-33-37-40-43-46-50-53-57-61-65-69-73-77-90(95)103-83-88(109-92(97)79-75-71-67-63-59-55-49-36-32-28-24-20-16-12-8-4)85-107-111(99,100)105-81-87(94)82-106-112(101,102)108-86-89(110-93(98)80-76-72-68-64-60-56-52-48-45-42-39-35-31-27-23-19-15-11-7-3)84-104-91(96)78-74-70-66-62-58-54-51-47-44-41-38-34-30-26-22-18-14-10-6-2/h9-11,13-15,21-28,33-39,43-49,54,58,66,70,87-89,94H,5-8,12,16-20,29-32,40-42,50-53,55-57,59-65,67-69,71-86H2,1-4H3,(H,99,100)(H,101,102)/b13-9-,14-10-,15-11-,25-21-,26-22-,27-23-,28-24-,37-33-,38-34-,39-35-,46-43-,47-44-,48-45-,49-36-,58-54-,70-66-. The number of esters is 4. The van der Waals surface area contributed by atoms with E-state index in [-0.39, 0.29) is 25.7 Å². The number of aliphatic hydroxyl groups excluding tert-OH is 1. The maximum atomic E-state index is 13.1. The van der Waals surface area contributed by atoms with Gasteiger partial charge >= 0.3 is 39.5 Å². The van der Waals surface area contributed by atoms with E-state index in [4.69, 9.17) is 37.0 Å². The highest BCUT2D eigenvalue weighted by atomic mass is 31.2. The largest absolute Gasteiger partial charge is 0.472 e. The second-order valence-electron chi connectivity index (χ2n) is 27.6. The highest BCUT2D eigenvalue weighted by Gasteiger charge is 2.30. The van der Waals surface area contributed by atoms with Crippen molar-refractivity contribution in [3.05, 3.63) is 194 Å². The van der Waals surface area contributed by atoms with Crippen LogP contribution in [0.1, 0.15) is 310 Å². The van der Waals surface area contributed by atoms with Crippen LogP contribution < -0.4 is 0 Å². The van der Waals surface area contributed by atoms with Crippen molar-refractivity contribution < 1.29 is 80.2 Å². The fourth-order valence-electron chi connectivity index (χ4n) is 10.7. The van der Waals surface area contributed by atoms with Gasteiger partial charge in [-0.25, -0.2) is 9.13 Å². The number of unbranched alkanes of at least 4 members (excludes halogenated alkanes) is 20. The summed E-state index contributed by atoms with van der Waals surface area (Å²) in [4.78, 5) is 73.3. The summed E-state index contributed by atoms with van der Waals surface area (Å²) in [7, 11) is -10.0. The highest BCUT2D eigenvalue weighted by molar-refractivity contribution is 7.47. The molecule has 0 aromatic heterocycles. The minimum atomic E-state index is -5.02. The molecule has 0 radical (unpaired) electrons. The van der Waals surface area contributed by atoms with E-state index in [0.717, 1.165) is 205 Å². The topological polar surface area (TPSA) is 237 Å². The Labute approximate surface area is 678 Å². The second-order valence-corrected chi connectivity index (χ2v) is 30.5. The Morgan fingerprint density at radius 1 is 0.259 bits per heavy atom. The summed E-state index contributed by atoms with van der Waals surface area (Å²) in [5, 5.41) is 10.7. The molecule has 0 aliphatic carbocycles. The Morgan fingerprint density at radius 3 is 0.768 bits per heavy atom. The van der Waals surface area contributed by atoms with Crippen molar-refractivity contribution in [3.8, 4) is 0 Å². The first kappa shape index (κ1) is 106. The Morgan fingerprint density at radius 2 is 0.482 bits per heavy atom. The smallest absolute Gasteiger partial charge is 0.462 e. The van der Waals surface area contributed by atoms with Crippen molar-refractivity contribution in [2.45, 2.75) is 329 Å². The van der Waals surface area contributed by atoms with Gasteiger partial charge in [0.15, 0.2) is 12.2 Å². The van der Waals surface area contributed by atoms with Gasteiger partial charge in [-0.2, -0.15) is 0 Å². The molecule has 0 bridgehead atoms. The Kier molecular flexibility index (Phi) is 78.4. The van der Waals surface area contributed by atoms with Crippen molar-refractivity contribution in [1.82, 2.24) is 0 Å². The number of hydrogen-bond acceptors (Lipinski definition) is 15. The number of aliphatic hydroxyl groups is 1. The summed E-state index contributed by atoms with van der Waals surface area (Å²) >= 11 is 0. The molecule has 0 saturated heterocycles. The van der Waals surface area contributed by atoms with Crippen molar-refractivity contribution in [2.75, 3.05) is 39.6 Å². The molecule has 17 nitrogen and oxygen atoms in total. The van der Waals surface area contributed by atoms with E-state index in [1.54, 1.807) is 0 Å². The fraction of sp³-hybridized carbons (Fsp3) is 0.613. The number of hydrogen-bond donors (Lipinski definition) is 3. The lowest BCUT2D eigenvalue weighted by Gasteiger charge is -2.21. The van der Waals surface area contributed by atoms with Gasteiger partial charge < -0.3 is 33.8 Å². The van der Waals surface area contributed by atoms with Crippen LogP contribution in [-0.4, -0.2) is 96.7 Å². The average molecular weight is 1600 g/mol. The summed E-state index contributed by atoms with van der Waals surface area (Å²) < 4.78 is 68.7. The fourth-order valence-corrected chi connectivity index (χ4v) is 12.2. The third kappa shape index (κ3) is 81.9. The lowest BCUT2D eigenvalue weighted by Crippen LogP contribution is -2.30. The zero-order chi connectivity index (χ0) is 81.7. The molecule has 0 rings (SSSR count). The van der Waals surface area contributed by atoms with Gasteiger partial charge in [0.25, 0.3) is 0 Å². The lowest BCUT2D eigenvalue weighted by atomic mass is 10.1. The molecular weight excluding hydrogens is 1450 g/mol. The predicted molar refractivity (Wildman–Crippen MR) is 463 cm³/mol. The van der Waals surface area contributed by atoms with Gasteiger partial charge in [0, 0.05) is 25.7 Å². The van der Waals surface area contributed by atoms with Crippen LogP contribution in [-0.2, 0) is 65.4 Å². The van der Waals surface area contributed by atoms with E-state index < -0.39 is 97.5 Å². The predicted octanol–water partition coefficient (Wildman–Crippen LogP) is 25.7. The third-order valence-electron chi connectivity index (χ3n) is 17.0. The van der Waals surface area contributed by atoms with Crippen LogP contribution in [0.25, 0.3) is 0 Å². The Balaban J connectivity index is 5.50. The minimum absolute atomic E-state index is 0.0251. The van der Waals surface area contributed by atoms with E-state index in [2.05, 4.69) is 204 Å². The van der Waals surface area contributed by atoms with Gasteiger partial charge in [-0.05, 0) is 173 Å². The van der Waals surface area contributed by atoms with Crippen LogP contribution in [0.4, 0.5) is 0 Å². The zero-order valence-corrected chi connectivity index (χ0v) is 71.3. The maximum Gasteiger partial charge on any atom is 0.472 e. The monoisotopic (exact) mass is 1600 g/mol. The van der Waals surface area contributed by atoms with Gasteiger partial charge in [-0.3, -0.25) is 37.3 Å². The van der Waals surface area contributed by atoms with Gasteiger partial charge in [-0.1, -0.05) is 306 Å². The van der Waals surface area contributed by atoms with E-state index in [0.29, 0.717) is 32.1 Å². The molecule has 19 heteroatoms. The lowest BCUT2D eigenvalue weighted by molar-refractivity contribution is -0.161. The molecule has 0 amide bonds. The normalized spacial score (nSPS) is 14.7. The van der Waals surface area contributed by atoms with E-state index in [9.17, 15) is 43.2 Å². The first-order valence-corrected chi connectivity index (χ1v) is 45.7. The van der Waals surface area contributed by atoms with Crippen molar-refractivity contribution >= 4 is 39.5 Å². The molecule has 0 aromatic carbocycles. The molecule has 0 saturated carbocycles. The summed E-state index contributed by atoms with van der Waals surface area (Å²) in [6.07, 6.45) is 103. The number of ether oxygens (including phenoxy) is 4. The molecule has 0 aliphatic heterocycles. The van der Waals surface area contributed by atoms with E-state index in [1.807, 2.05) is 18.2 Å². The Hall–Kier alpha value is -6.10. The first-order valence-electron chi connectivity index (χ1n) is 42.7. The number of rotatable bonds is 78. The first-order chi connectivity index (χ1) is 54.7.